The summed E-state index contributed by atoms with van der Waals surface area (Å²) in [5.41, 5.74) is 1.05. The predicted molar refractivity (Wildman–Crippen MR) is 71.8 cm³/mol. The van der Waals surface area contributed by atoms with E-state index in [4.69, 9.17) is 0 Å². The molecule has 1 aromatic rings. The Morgan fingerprint density at radius 2 is 2.22 bits per heavy atom. The summed E-state index contributed by atoms with van der Waals surface area (Å²) in [5.74, 6) is -0.0964. The zero-order valence-corrected chi connectivity index (χ0v) is 11.7. The number of hydrogen-bond donors (Lipinski definition) is 1. The highest BCUT2D eigenvalue weighted by molar-refractivity contribution is 9.10. The van der Waals surface area contributed by atoms with Gasteiger partial charge in [0.05, 0.1) is 6.54 Å². The highest BCUT2D eigenvalue weighted by atomic mass is 79.9. The highest BCUT2D eigenvalue weighted by Crippen LogP contribution is 2.16. The molecule has 2 rings (SSSR count). The van der Waals surface area contributed by atoms with Gasteiger partial charge in [0.2, 0.25) is 11.8 Å². The zero-order chi connectivity index (χ0) is 13.1. The molecule has 0 bridgehead atoms. The molecule has 1 atom stereocenters. The first-order valence-electron chi connectivity index (χ1n) is 5.87. The Bertz CT molecular complexity index is 476. The van der Waals surface area contributed by atoms with Crippen LogP contribution in [0.3, 0.4) is 0 Å². The second-order valence-electron chi connectivity index (χ2n) is 4.48. The van der Waals surface area contributed by atoms with Crippen LogP contribution in [0.25, 0.3) is 0 Å². The van der Waals surface area contributed by atoms with Crippen LogP contribution in [0.5, 0.6) is 0 Å². The van der Waals surface area contributed by atoms with Crippen molar-refractivity contribution in [2.75, 3.05) is 6.54 Å². The fourth-order valence-electron chi connectivity index (χ4n) is 2.05. The van der Waals surface area contributed by atoms with E-state index in [2.05, 4.69) is 21.2 Å². The summed E-state index contributed by atoms with van der Waals surface area (Å²) in [6, 6.07) is 7.78. The maximum atomic E-state index is 12.0. The summed E-state index contributed by atoms with van der Waals surface area (Å²) in [7, 11) is 0. The van der Waals surface area contributed by atoms with Crippen molar-refractivity contribution in [3.8, 4) is 0 Å². The third-order valence-electron chi connectivity index (χ3n) is 3.01. The Labute approximate surface area is 114 Å². The van der Waals surface area contributed by atoms with Crippen molar-refractivity contribution in [1.82, 2.24) is 10.2 Å². The van der Waals surface area contributed by atoms with Crippen LogP contribution >= 0.6 is 15.9 Å². The van der Waals surface area contributed by atoms with Crippen LogP contribution in [-0.2, 0) is 16.1 Å². The smallest absolute Gasteiger partial charge is 0.242 e. The van der Waals surface area contributed by atoms with Crippen molar-refractivity contribution in [1.29, 1.82) is 0 Å². The number of nitrogens with zero attached hydrogens (tertiary/aromatic N) is 1. The molecule has 1 unspecified atom stereocenters. The molecule has 18 heavy (non-hydrogen) atoms. The molecule has 0 radical (unpaired) electrons. The molecule has 1 aliphatic heterocycles. The van der Waals surface area contributed by atoms with E-state index in [1.54, 1.807) is 4.90 Å². The van der Waals surface area contributed by atoms with Crippen LogP contribution in [0.15, 0.2) is 28.7 Å². The second kappa shape index (κ2) is 5.52. The SMILES string of the molecule is CC1CC(=O)NCC(=O)N1Cc1cccc(Br)c1. The van der Waals surface area contributed by atoms with Crippen LogP contribution in [0, 0.1) is 0 Å². The van der Waals surface area contributed by atoms with Crippen molar-refractivity contribution in [2.45, 2.75) is 25.9 Å². The molecule has 4 nitrogen and oxygen atoms in total. The number of carbonyl (C=O) groups is 2. The van der Waals surface area contributed by atoms with Gasteiger partial charge in [0, 0.05) is 23.5 Å². The minimum Gasteiger partial charge on any atom is -0.347 e. The predicted octanol–water partition coefficient (Wildman–Crippen LogP) is 1.69. The number of halogens is 1. The lowest BCUT2D eigenvalue weighted by atomic mass is 10.1. The van der Waals surface area contributed by atoms with E-state index in [0.29, 0.717) is 13.0 Å². The number of carbonyl (C=O) groups excluding carboxylic acids is 2. The molecule has 1 aliphatic rings. The second-order valence-corrected chi connectivity index (χ2v) is 5.40. The fraction of sp³-hybridized carbons (Fsp3) is 0.385. The van der Waals surface area contributed by atoms with Gasteiger partial charge in [0.15, 0.2) is 0 Å². The van der Waals surface area contributed by atoms with E-state index < -0.39 is 0 Å². The molecule has 2 amide bonds. The Hall–Kier alpha value is -1.36. The Morgan fingerprint density at radius 3 is 2.94 bits per heavy atom. The van der Waals surface area contributed by atoms with Gasteiger partial charge in [-0.05, 0) is 24.6 Å². The topological polar surface area (TPSA) is 49.4 Å². The van der Waals surface area contributed by atoms with Gasteiger partial charge in [0.25, 0.3) is 0 Å². The fourth-order valence-corrected chi connectivity index (χ4v) is 2.49. The summed E-state index contributed by atoms with van der Waals surface area (Å²) in [6.45, 7) is 2.53. The Morgan fingerprint density at radius 1 is 1.44 bits per heavy atom. The molecular weight excluding hydrogens is 296 g/mol. The molecule has 5 heteroatoms. The number of amides is 2. The Balaban J connectivity index is 2.15. The van der Waals surface area contributed by atoms with E-state index in [9.17, 15) is 9.59 Å². The molecule has 1 N–H and O–H groups in total. The first-order chi connectivity index (χ1) is 8.56. The number of hydrogen-bond acceptors (Lipinski definition) is 2. The van der Waals surface area contributed by atoms with E-state index in [-0.39, 0.29) is 24.4 Å². The quantitative estimate of drug-likeness (QED) is 0.903. The van der Waals surface area contributed by atoms with Gasteiger partial charge in [0.1, 0.15) is 0 Å². The minimum absolute atomic E-state index is 0.0340. The molecule has 1 aromatic carbocycles. The molecule has 1 fully saturated rings. The first-order valence-corrected chi connectivity index (χ1v) is 6.66. The summed E-state index contributed by atoms with van der Waals surface area (Å²) >= 11 is 3.41. The van der Waals surface area contributed by atoms with E-state index in [1.165, 1.54) is 0 Å². The minimum atomic E-state index is -0.0704. The van der Waals surface area contributed by atoms with Crippen molar-refractivity contribution in [3.63, 3.8) is 0 Å². The summed E-state index contributed by atoms with van der Waals surface area (Å²) in [6.07, 6.45) is 0.361. The van der Waals surface area contributed by atoms with Gasteiger partial charge in [-0.15, -0.1) is 0 Å². The van der Waals surface area contributed by atoms with Gasteiger partial charge >= 0.3 is 0 Å². The lowest BCUT2D eigenvalue weighted by Gasteiger charge is -2.26. The van der Waals surface area contributed by atoms with Gasteiger partial charge in [-0.25, -0.2) is 0 Å². The number of rotatable bonds is 2. The van der Waals surface area contributed by atoms with E-state index >= 15 is 0 Å². The lowest BCUT2D eigenvalue weighted by Crippen LogP contribution is -2.39. The third kappa shape index (κ3) is 3.10. The molecule has 0 saturated carbocycles. The van der Waals surface area contributed by atoms with Crippen LogP contribution in [0.2, 0.25) is 0 Å². The zero-order valence-electron chi connectivity index (χ0n) is 10.1. The third-order valence-corrected chi connectivity index (χ3v) is 3.51. The molecule has 0 aliphatic carbocycles. The van der Waals surface area contributed by atoms with Gasteiger partial charge in [-0.1, -0.05) is 28.1 Å². The largest absolute Gasteiger partial charge is 0.347 e. The number of benzene rings is 1. The van der Waals surface area contributed by atoms with Crippen LogP contribution < -0.4 is 5.32 Å². The Kier molecular flexibility index (Phi) is 4.01. The molecule has 1 saturated heterocycles. The van der Waals surface area contributed by atoms with E-state index in [0.717, 1.165) is 10.0 Å². The maximum Gasteiger partial charge on any atom is 0.242 e. The van der Waals surface area contributed by atoms with Crippen LogP contribution in [0.1, 0.15) is 18.9 Å². The molecular formula is C13H15BrN2O2. The van der Waals surface area contributed by atoms with Crippen molar-refractivity contribution in [3.05, 3.63) is 34.3 Å². The van der Waals surface area contributed by atoms with Crippen LogP contribution in [-0.4, -0.2) is 29.3 Å². The van der Waals surface area contributed by atoms with E-state index in [1.807, 2.05) is 31.2 Å². The highest BCUT2D eigenvalue weighted by Gasteiger charge is 2.26. The normalized spacial score (nSPS) is 20.6. The number of nitrogens with one attached hydrogen (secondary N) is 1. The van der Waals surface area contributed by atoms with Crippen molar-refractivity contribution in [2.24, 2.45) is 0 Å². The molecule has 96 valence electrons. The first kappa shape index (κ1) is 13.1. The molecule has 0 spiro atoms. The average molecular weight is 311 g/mol. The molecule has 1 heterocycles. The molecule has 0 aromatic heterocycles. The van der Waals surface area contributed by atoms with Gasteiger partial charge in [-0.3, -0.25) is 9.59 Å². The lowest BCUT2D eigenvalue weighted by molar-refractivity contribution is -0.132. The van der Waals surface area contributed by atoms with Gasteiger partial charge in [-0.2, -0.15) is 0 Å². The summed E-state index contributed by atoms with van der Waals surface area (Å²) < 4.78 is 0.990. The van der Waals surface area contributed by atoms with Crippen molar-refractivity contribution >= 4 is 27.7 Å². The standard InChI is InChI=1S/C13H15BrN2O2/c1-9-5-12(17)15-7-13(18)16(9)8-10-3-2-4-11(14)6-10/h2-4,6,9H,5,7-8H2,1H3,(H,15,17). The summed E-state index contributed by atoms with van der Waals surface area (Å²) in [5, 5.41) is 2.61. The summed E-state index contributed by atoms with van der Waals surface area (Å²) in [4.78, 5) is 25.1. The van der Waals surface area contributed by atoms with Crippen molar-refractivity contribution < 1.29 is 9.59 Å². The maximum absolute atomic E-state index is 12.0. The average Bonchev–Trinajstić information content (AvgIpc) is 2.43. The monoisotopic (exact) mass is 310 g/mol. The van der Waals surface area contributed by atoms with Gasteiger partial charge < -0.3 is 10.2 Å². The van der Waals surface area contributed by atoms with Crippen LogP contribution in [0.4, 0.5) is 0 Å².